The van der Waals surface area contributed by atoms with Gasteiger partial charge in [-0.15, -0.1) is 0 Å². The van der Waals surface area contributed by atoms with Crippen molar-refractivity contribution in [1.82, 2.24) is 0 Å². The predicted octanol–water partition coefficient (Wildman–Crippen LogP) is 3.43. The van der Waals surface area contributed by atoms with Crippen LogP contribution in [0.1, 0.15) is 18.1 Å². The average Bonchev–Trinajstić information content (AvgIpc) is 2.35. The normalized spacial score (nSPS) is 11.7. The van der Waals surface area contributed by atoms with Crippen LogP contribution in [0, 0.1) is 5.82 Å². The quantitative estimate of drug-likeness (QED) is 0.484. The Kier molecular flexibility index (Phi) is 5.12. The molecule has 0 atom stereocenters. The Morgan fingerprint density at radius 1 is 1.35 bits per heavy atom. The molecule has 0 heterocycles. The van der Waals surface area contributed by atoms with E-state index in [9.17, 15) is 22.4 Å². The van der Waals surface area contributed by atoms with Crippen LogP contribution in [-0.2, 0) is 15.7 Å². The van der Waals surface area contributed by atoms with Gasteiger partial charge in [-0.05, 0) is 25.1 Å². The van der Waals surface area contributed by atoms with Crippen molar-refractivity contribution in [3.63, 3.8) is 0 Å². The Bertz CT molecular complexity index is 521. The van der Waals surface area contributed by atoms with Gasteiger partial charge in [0.1, 0.15) is 17.1 Å². The summed E-state index contributed by atoms with van der Waals surface area (Å²) in [6.45, 7) is 1.68. The second-order valence-corrected chi connectivity index (χ2v) is 3.63. The highest BCUT2D eigenvalue weighted by Gasteiger charge is 2.38. The van der Waals surface area contributed by atoms with Gasteiger partial charge >= 0.3 is 12.1 Å². The summed E-state index contributed by atoms with van der Waals surface area (Å²) in [4.78, 5) is 11.1. The van der Waals surface area contributed by atoms with Gasteiger partial charge in [0.05, 0.1) is 13.7 Å². The minimum Gasteiger partial charge on any atom is -0.496 e. The molecular weight excluding hydrogens is 280 g/mol. The summed E-state index contributed by atoms with van der Waals surface area (Å²) in [5.41, 5.74) is -1.89. The molecule has 0 saturated heterocycles. The molecule has 3 nitrogen and oxygen atoms in total. The molecule has 0 aliphatic rings. The Balaban J connectivity index is 3.21. The molecule has 0 aromatic heterocycles. The van der Waals surface area contributed by atoms with Crippen molar-refractivity contribution in [3.8, 4) is 5.75 Å². The van der Waals surface area contributed by atoms with Gasteiger partial charge in [0.2, 0.25) is 0 Å². The molecule has 1 aromatic carbocycles. The summed E-state index contributed by atoms with van der Waals surface area (Å²) in [5, 5.41) is 0. The van der Waals surface area contributed by atoms with Crippen molar-refractivity contribution < 1.29 is 31.8 Å². The van der Waals surface area contributed by atoms with Crippen LogP contribution in [0.2, 0.25) is 0 Å². The van der Waals surface area contributed by atoms with Crippen molar-refractivity contribution >= 4 is 12.0 Å². The van der Waals surface area contributed by atoms with Gasteiger partial charge in [-0.3, -0.25) is 0 Å². The lowest BCUT2D eigenvalue weighted by Gasteiger charge is -2.14. The lowest BCUT2D eigenvalue weighted by molar-refractivity contribution is -0.141. The molecule has 0 bridgehead atoms. The van der Waals surface area contributed by atoms with Crippen LogP contribution in [0.3, 0.4) is 0 Å². The van der Waals surface area contributed by atoms with E-state index >= 15 is 0 Å². The molecule has 110 valence electrons. The van der Waals surface area contributed by atoms with Crippen molar-refractivity contribution in [2.24, 2.45) is 0 Å². The number of ether oxygens (including phenoxy) is 2. The first-order chi connectivity index (χ1) is 9.31. The molecule has 1 rings (SSSR count). The number of alkyl halides is 3. The zero-order valence-corrected chi connectivity index (χ0v) is 10.8. The maximum atomic E-state index is 13.8. The number of hydrogen-bond donors (Lipinski definition) is 0. The van der Waals surface area contributed by atoms with E-state index < -0.39 is 29.3 Å². The predicted molar refractivity (Wildman–Crippen MR) is 63.6 cm³/mol. The van der Waals surface area contributed by atoms with Crippen LogP contribution in [0.25, 0.3) is 6.08 Å². The average molecular weight is 292 g/mol. The third-order valence-electron chi connectivity index (χ3n) is 2.32. The van der Waals surface area contributed by atoms with Crippen molar-refractivity contribution in [2.75, 3.05) is 13.7 Å². The van der Waals surface area contributed by atoms with E-state index in [0.717, 1.165) is 31.4 Å². The molecule has 7 heteroatoms. The van der Waals surface area contributed by atoms with Crippen LogP contribution >= 0.6 is 0 Å². The molecule has 0 unspecified atom stereocenters. The minimum absolute atomic E-state index is 0.113. The molecular formula is C13H12F4O3. The van der Waals surface area contributed by atoms with Crippen molar-refractivity contribution in [2.45, 2.75) is 13.1 Å². The number of carbonyl (C=O) groups is 1. The number of benzene rings is 1. The van der Waals surface area contributed by atoms with E-state index in [0.29, 0.717) is 0 Å². The summed E-state index contributed by atoms with van der Waals surface area (Å²) < 4.78 is 61.2. The van der Waals surface area contributed by atoms with E-state index in [1.54, 1.807) is 6.92 Å². The summed E-state index contributed by atoms with van der Waals surface area (Å²) in [6, 6.07) is 2.07. The minimum atomic E-state index is -4.90. The summed E-state index contributed by atoms with van der Waals surface area (Å²) in [6.07, 6.45) is -3.13. The number of rotatable bonds is 4. The topological polar surface area (TPSA) is 35.5 Å². The van der Waals surface area contributed by atoms with E-state index in [1.165, 1.54) is 0 Å². The van der Waals surface area contributed by atoms with E-state index in [1.807, 2.05) is 0 Å². The molecule has 0 radical (unpaired) electrons. The summed E-state index contributed by atoms with van der Waals surface area (Å²) in [7, 11) is 1.01. The zero-order chi connectivity index (χ0) is 15.3. The largest absolute Gasteiger partial charge is 0.496 e. The highest BCUT2D eigenvalue weighted by molar-refractivity contribution is 5.87. The molecule has 0 aliphatic heterocycles. The van der Waals surface area contributed by atoms with Crippen molar-refractivity contribution in [1.29, 1.82) is 0 Å². The highest BCUT2D eigenvalue weighted by atomic mass is 19.4. The Morgan fingerprint density at radius 2 is 2.00 bits per heavy atom. The van der Waals surface area contributed by atoms with Crippen LogP contribution in [0.5, 0.6) is 5.75 Å². The number of esters is 1. The third kappa shape index (κ3) is 3.72. The fourth-order valence-electron chi connectivity index (χ4n) is 1.49. The number of carbonyl (C=O) groups excluding carboxylic acids is 1. The van der Waals surface area contributed by atoms with Crippen LogP contribution < -0.4 is 4.74 Å². The van der Waals surface area contributed by atoms with Gasteiger partial charge in [0.15, 0.2) is 0 Å². The van der Waals surface area contributed by atoms with Gasteiger partial charge in [0, 0.05) is 11.6 Å². The molecule has 0 fully saturated rings. The van der Waals surface area contributed by atoms with Crippen LogP contribution in [0.15, 0.2) is 18.2 Å². The highest BCUT2D eigenvalue weighted by Crippen LogP contribution is 2.39. The van der Waals surface area contributed by atoms with Crippen LogP contribution in [0.4, 0.5) is 17.6 Å². The second kappa shape index (κ2) is 6.40. The molecule has 0 N–H and O–H groups in total. The van der Waals surface area contributed by atoms with Crippen LogP contribution in [-0.4, -0.2) is 19.7 Å². The number of methoxy groups -OCH3 is 1. The second-order valence-electron chi connectivity index (χ2n) is 3.63. The summed E-state index contributed by atoms with van der Waals surface area (Å²) >= 11 is 0. The molecule has 0 saturated carbocycles. The van der Waals surface area contributed by atoms with Gasteiger partial charge in [-0.1, -0.05) is 0 Å². The Labute approximate surface area is 112 Å². The Hall–Kier alpha value is -2.05. The molecule has 0 aliphatic carbocycles. The zero-order valence-electron chi connectivity index (χ0n) is 10.8. The maximum absolute atomic E-state index is 13.8. The van der Waals surface area contributed by atoms with Gasteiger partial charge in [-0.2, -0.15) is 13.2 Å². The van der Waals surface area contributed by atoms with E-state index in [-0.39, 0.29) is 12.2 Å². The third-order valence-corrected chi connectivity index (χ3v) is 2.32. The van der Waals surface area contributed by atoms with Gasteiger partial charge in [-0.25, -0.2) is 9.18 Å². The fraction of sp³-hybridized carbons (Fsp3) is 0.308. The molecule has 20 heavy (non-hydrogen) atoms. The lowest BCUT2D eigenvalue weighted by Crippen LogP contribution is -2.11. The fourth-order valence-corrected chi connectivity index (χ4v) is 1.49. The molecule has 1 aromatic rings. The maximum Gasteiger partial charge on any atom is 0.422 e. The first-order valence-corrected chi connectivity index (χ1v) is 5.59. The summed E-state index contributed by atoms with van der Waals surface area (Å²) in [5.74, 6) is -2.89. The number of hydrogen-bond acceptors (Lipinski definition) is 3. The van der Waals surface area contributed by atoms with E-state index in [2.05, 4.69) is 9.47 Å². The standard InChI is InChI=1S/C13H12F4O3/c1-3-20-10(18)7-5-8-4-6-9(19-2)11(12(8)14)13(15,16)17/h4-7H,3H2,1-2H3/b7-5+. The molecule has 0 spiro atoms. The molecule has 0 amide bonds. The van der Waals surface area contributed by atoms with E-state index in [4.69, 9.17) is 0 Å². The lowest BCUT2D eigenvalue weighted by atomic mass is 10.1. The van der Waals surface area contributed by atoms with Crippen molar-refractivity contribution in [3.05, 3.63) is 35.2 Å². The van der Waals surface area contributed by atoms with Gasteiger partial charge < -0.3 is 9.47 Å². The van der Waals surface area contributed by atoms with Gasteiger partial charge in [0.25, 0.3) is 0 Å². The smallest absolute Gasteiger partial charge is 0.422 e. The SMILES string of the molecule is CCOC(=O)/C=C/c1ccc(OC)c(C(F)(F)F)c1F. The monoisotopic (exact) mass is 292 g/mol. The first-order valence-electron chi connectivity index (χ1n) is 5.59. The number of halogens is 4. The first kappa shape index (κ1) is 16.0. The Morgan fingerprint density at radius 3 is 2.50 bits per heavy atom.